The van der Waals surface area contributed by atoms with Gasteiger partial charge in [0.25, 0.3) is 0 Å². The zero-order valence-electron chi connectivity index (χ0n) is 13.2. The van der Waals surface area contributed by atoms with Gasteiger partial charge >= 0.3 is 0 Å². The lowest BCUT2D eigenvalue weighted by atomic mass is 10.1. The predicted molar refractivity (Wildman–Crippen MR) is 86.1 cm³/mol. The van der Waals surface area contributed by atoms with E-state index >= 15 is 0 Å². The van der Waals surface area contributed by atoms with Crippen molar-refractivity contribution in [2.24, 2.45) is 0 Å². The maximum Gasteiger partial charge on any atom is 0.0431 e. The highest BCUT2D eigenvalue weighted by atomic mass is 16.3. The molecule has 0 aliphatic heterocycles. The van der Waals surface area contributed by atoms with Crippen LogP contribution in [-0.2, 0) is 0 Å². The van der Waals surface area contributed by atoms with Crippen LogP contribution < -0.4 is 10.6 Å². The van der Waals surface area contributed by atoms with Crippen molar-refractivity contribution in [2.45, 2.75) is 64.2 Å². The minimum Gasteiger partial charge on any atom is -0.396 e. The molecule has 0 fully saturated rings. The molecule has 0 amide bonds. The second-order valence-electron chi connectivity index (χ2n) is 5.48. The molecule has 0 aromatic rings. The molecule has 0 aromatic heterocycles. The molecule has 4 heteroatoms. The van der Waals surface area contributed by atoms with Crippen molar-refractivity contribution in [1.29, 1.82) is 0 Å². The number of nitrogens with one attached hydrogen (secondary N) is 2. The van der Waals surface area contributed by atoms with Crippen molar-refractivity contribution in [3.63, 3.8) is 0 Å². The zero-order valence-corrected chi connectivity index (χ0v) is 13.2. The van der Waals surface area contributed by atoms with Gasteiger partial charge in [0.05, 0.1) is 0 Å². The molecule has 0 bridgehead atoms. The lowest BCUT2D eigenvalue weighted by molar-refractivity contribution is 0.283. The van der Waals surface area contributed by atoms with E-state index in [-0.39, 0.29) is 0 Å². The van der Waals surface area contributed by atoms with Crippen molar-refractivity contribution in [3.8, 4) is 0 Å². The molecule has 4 nitrogen and oxygen atoms in total. The second kappa shape index (κ2) is 18.8. The van der Waals surface area contributed by atoms with E-state index < -0.39 is 0 Å². The molecule has 0 atom stereocenters. The number of aliphatic hydroxyl groups excluding tert-OH is 2. The summed E-state index contributed by atoms with van der Waals surface area (Å²) in [7, 11) is 0. The smallest absolute Gasteiger partial charge is 0.0431 e. The summed E-state index contributed by atoms with van der Waals surface area (Å²) in [6.07, 6.45) is 11.9. The van der Waals surface area contributed by atoms with Crippen LogP contribution in [0.4, 0.5) is 0 Å². The molecule has 0 rings (SSSR count). The quantitative estimate of drug-likeness (QED) is 0.309. The Bertz CT molecular complexity index is 151. The number of aliphatic hydroxyl groups is 2. The summed E-state index contributed by atoms with van der Waals surface area (Å²) in [4.78, 5) is 0. The van der Waals surface area contributed by atoms with Crippen LogP contribution in [0.15, 0.2) is 0 Å². The lowest BCUT2D eigenvalue weighted by Crippen LogP contribution is -2.17. The largest absolute Gasteiger partial charge is 0.396 e. The first-order chi connectivity index (χ1) is 9.91. The van der Waals surface area contributed by atoms with Gasteiger partial charge in [0, 0.05) is 13.2 Å². The standard InChI is InChI=1S/C16H36N2O2/c19-15-9-7-13-17-11-5-3-1-2-4-6-12-18-14-8-10-16-20/h17-20H,1-16H2. The number of rotatable bonds is 17. The summed E-state index contributed by atoms with van der Waals surface area (Å²) in [6, 6.07) is 0. The zero-order chi connectivity index (χ0) is 14.7. The van der Waals surface area contributed by atoms with Crippen molar-refractivity contribution in [2.75, 3.05) is 39.4 Å². The summed E-state index contributed by atoms with van der Waals surface area (Å²) in [5.41, 5.74) is 0. The van der Waals surface area contributed by atoms with Gasteiger partial charge in [-0.3, -0.25) is 0 Å². The van der Waals surface area contributed by atoms with Crippen molar-refractivity contribution >= 4 is 0 Å². The van der Waals surface area contributed by atoms with Gasteiger partial charge in [0.1, 0.15) is 0 Å². The van der Waals surface area contributed by atoms with Crippen molar-refractivity contribution < 1.29 is 10.2 Å². The van der Waals surface area contributed by atoms with Gasteiger partial charge in [-0.1, -0.05) is 25.7 Å². The van der Waals surface area contributed by atoms with Crippen LogP contribution >= 0.6 is 0 Å². The third-order valence-electron chi connectivity index (χ3n) is 3.48. The van der Waals surface area contributed by atoms with Crippen molar-refractivity contribution in [1.82, 2.24) is 10.6 Å². The highest BCUT2D eigenvalue weighted by molar-refractivity contribution is 4.52. The molecule has 0 heterocycles. The van der Waals surface area contributed by atoms with E-state index in [9.17, 15) is 0 Å². The molecule has 0 saturated carbocycles. The Kier molecular flexibility index (Phi) is 18.7. The topological polar surface area (TPSA) is 64.5 Å². The predicted octanol–water partition coefficient (Wildman–Crippen LogP) is 2.05. The van der Waals surface area contributed by atoms with E-state index in [0.717, 1.165) is 51.9 Å². The van der Waals surface area contributed by atoms with Crippen LogP contribution in [0.3, 0.4) is 0 Å². The fourth-order valence-corrected chi connectivity index (χ4v) is 2.18. The van der Waals surface area contributed by atoms with Crippen LogP contribution in [0.25, 0.3) is 0 Å². The Morgan fingerprint density at radius 1 is 0.400 bits per heavy atom. The molecule has 20 heavy (non-hydrogen) atoms. The fraction of sp³-hybridized carbons (Fsp3) is 1.00. The van der Waals surface area contributed by atoms with E-state index in [1.807, 2.05) is 0 Å². The molecule has 0 unspecified atom stereocenters. The monoisotopic (exact) mass is 288 g/mol. The molecule has 0 saturated heterocycles. The molecule has 0 aromatic carbocycles. The lowest BCUT2D eigenvalue weighted by Gasteiger charge is -2.05. The number of hydrogen-bond donors (Lipinski definition) is 4. The molecule has 0 radical (unpaired) electrons. The van der Waals surface area contributed by atoms with E-state index in [1.165, 1.54) is 38.5 Å². The summed E-state index contributed by atoms with van der Waals surface area (Å²) in [6.45, 7) is 4.97. The van der Waals surface area contributed by atoms with Gasteiger partial charge in [-0.05, 0) is 64.7 Å². The molecule has 0 aliphatic carbocycles. The average Bonchev–Trinajstić information content (AvgIpc) is 2.47. The summed E-state index contributed by atoms with van der Waals surface area (Å²) in [5, 5.41) is 24.1. The molecular weight excluding hydrogens is 252 g/mol. The first-order valence-corrected chi connectivity index (χ1v) is 8.55. The number of hydrogen-bond acceptors (Lipinski definition) is 4. The highest BCUT2D eigenvalue weighted by Crippen LogP contribution is 2.04. The van der Waals surface area contributed by atoms with Crippen LogP contribution in [0.1, 0.15) is 64.2 Å². The molecular formula is C16H36N2O2. The third-order valence-corrected chi connectivity index (χ3v) is 3.48. The average molecular weight is 288 g/mol. The fourth-order valence-electron chi connectivity index (χ4n) is 2.18. The van der Waals surface area contributed by atoms with Crippen LogP contribution in [0, 0.1) is 0 Å². The van der Waals surface area contributed by atoms with Gasteiger partial charge in [-0.2, -0.15) is 0 Å². The molecule has 0 spiro atoms. The Balaban J connectivity index is 2.89. The Morgan fingerprint density at radius 3 is 1.05 bits per heavy atom. The van der Waals surface area contributed by atoms with E-state index in [2.05, 4.69) is 10.6 Å². The Morgan fingerprint density at radius 2 is 0.700 bits per heavy atom. The second-order valence-corrected chi connectivity index (χ2v) is 5.48. The van der Waals surface area contributed by atoms with Gasteiger partial charge in [-0.25, -0.2) is 0 Å². The Hall–Kier alpha value is -0.160. The Labute approximate surface area is 125 Å². The SMILES string of the molecule is OCCCCNCCCCCCCCNCCCCO. The minimum absolute atomic E-state index is 0.317. The van der Waals surface area contributed by atoms with Crippen LogP contribution in [0.2, 0.25) is 0 Å². The maximum atomic E-state index is 8.64. The maximum absolute atomic E-state index is 8.64. The van der Waals surface area contributed by atoms with Gasteiger partial charge in [-0.15, -0.1) is 0 Å². The van der Waals surface area contributed by atoms with E-state index in [4.69, 9.17) is 10.2 Å². The first kappa shape index (κ1) is 19.8. The van der Waals surface area contributed by atoms with Gasteiger partial charge in [0.2, 0.25) is 0 Å². The molecule has 122 valence electrons. The summed E-state index contributed by atoms with van der Waals surface area (Å²) in [5.74, 6) is 0. The van der Waals surface area contributed by atoms with Crippen LogP contribution in [-0.4, -0.2) is 49.6 Å². The van der Waals surface area contributed by atoms with Crippen molar-refractivity contribution in [3.05, 3.63) is 0 Å². The first-order valence-electron chi connectivity index (χ1n) is 8.55. The highest BCUT2D eigenvalue weighted by Gasteiger charge is 1.93. The van der Waals surface area contributed by atoms with E-state index in [1.54, 1.807) is 0 Å². The summed E-state index contributed by atoms with van der Waals surface area (Å²) < 4.78 is 0. The minimum atomic E-state index is 0.317. The van der Waals surface area contributed by atoms with Crippen LogP contribution in [0.5, 0.6) is 0 Å². The van der Waals surface area contributed by atoms with E-state index in [0.29, 0.717) is 13.2 Å². The summed E-state index contributed by atoms with van der Waals surface area (Å²) >= 11 is 0. The normalized spacial score (nSPS) is 11.1. The van der Waals surface area contributed by atoms with Gasteiger partial charge in [0.15, 0.2) is 0 Å². The third kappa shape index (κ3) is 17.8. The molecule has 0 aliphatic rings. The van der Waals surface area contributed by atoms with Gasteiger partial charge < -0.3 is 20.8 Å². The molecule has 4 N–H and O–H groups in total. The number of unbranched alkanes of at least 4 members (excludes halogenated alkanes) is 7.